The smallest absolute Gasteiger partial charge is 0.335 e. The highest BCUT2D eigenvalue weighted by molar-refractivity contribution is 7.99. The maximum atomic E-state index is 11.7. The van der Waals surface area contributed by atoms with Crippen molar-refractivity contribution in [2.45, 2.75) is 0 Å². The highest BCUT2D eigenvalue weighted by Gasteiger charge is 2.10. The molecule has 1 fully saturated rings. The molecule has 0 bridgehead atoms. The van der Waals surface area contributed by atoms with Crippen LogP contribution < -0.4 is 10.6 Å². The number of aromatic carboxylic acids is 1. The molecule has 0 radical (unpaired) electrons. The summed E-state index contributed by atoms with van der Waals surface area (Å²) >= 11 is 1.96. The Morgan fingerprint density at radius 3 is 2.48 bits per heavy atom. The van der Waals surface area contributed by atoms with Gasteiger partial charge >= 0.3 is 12.0 Å². The molecule has 0 aliphatic carbocycles. The Balaban J connectivity index is 1.70. The minimum atomic E-state index is -0.981. The van der Waals surface area contributed by atoms with Gasteiger partial charge < -0.3 is 15.7 Å². The van der Waals surface area contributed by atoms with Crippen molar-refractivity contribution in [1.82, 2.24) is 10.2 Å². The van der Waals surface area contributed by atoms with Crippen LogP contribution in [0.3, 0.4) is 0 Å². The van der Waals surface area contributed by atoms with E-state index in [2.05, 4.69) is 15.5 Å². The molecule has 2 rings (SSSR count). The summed E-state index contributed by atoms with van der Waals surface area (Å²) in [6, 6.07) is 5.80. The van der Waals surface area contributed by atoms with Crippen LogP contribution in [0.4, 0.5) is 10.5 Å². The maximum Gasteiger partial charge on any atom is 0.335 e. The maximum absolute atomic E-state index is 11.7. The Hall–Kier alpha value is -1.73. The van der Waals surface area contributed by atoms with Gasteiger partial charge in [-0.3, -0.25) is 4.90 Å². The number of amides is 2. The van der Waals surface area contributed by atoms with E-state index < -0.39 is 5.97 Å². The minimum absolute atomic E-state index is 0.198. The molecular weight excluding hydrogens is 290 g/mol. The number of urea groups is 1. The average Bonchev–Trinajstić information content (AvgIpc) is 2.49. The lowest BCUT2D eigenvalue weighted by molar-refractivity contribution is 0.0697. The first kappa shape index (κ1) is 15.7. The Bertz CT molecular complexity index is 487. The van der Waals surface area contributed by atoms with Gasteiger partial charge in [0.05, 0.1) is 5.56 Å². The molecule has 21 heavy (non-hydrogen) atoms. The van der Waals surface area contributed by atoms with Crippen LogP contribution in [0.15, 0.2) is 24.3 Å². The van der Waals surface area contributed by atoms with Gasteiger partial charge in [-0.05, 0) is 24.3 Å². The zero-order chi connectivity index (χ0) is 15.1. The number of anilines is 1. The van der Waals surface area contributed by atoms with E-state index in [1.165, 1.54) is 12.1 Å². The van der Waals surface area contributed by atoms with E-state index in [1.54, 1.807) is 12.1 Å². The summed E-state index contributed by atoms with van der Waals surface area (Å²) in [6.45, 7) is 3.60. The molecule has 1 saturated heterocycles. The van der Waals surface area contributed by atoms with Crippen LogP contribution in [-0.2, 0) is 0 Å². The highest BCUT2D eigenvalue weighted by Crippen LogP contribution is 2.09. The number of carboxylic acids is 1. The number of carbonyl (C=O) groups is 2. The first-order chi connectivity index (χ1) is 10.1. The first-order valence-electron chi connectivity index (χ1n) is 6.83. The number of hydrogen-bond donors (Lipinski definition) is 3. The topological polar surface area (TPSA) is 81.7 Å². The van der Waals surface area contributed by atoms with Crippen molar-refractivity contribution in [2.24, 2.45) is 0 Å². The number of nitrogens with zero attached hydrogens (tertiary/aromatic N) is 1. The number of rotatable bonds is 5. The van der Waals surface area contributed by atoms with Crippen molar-refractivity contribution >= 4 is 29.4 Å². The van der Waals surface area contributed by atoms with Crippen LogP contribution in [-0.4, -0.2) is 59.7 Å². The van der Waals surface area contributed by atoms with E-state index in [4.69, 9.17) is 5.11 Å². The van der Waals surface area contributed by atoms with Crippen LogP contribution >= 0.6 is 11.8 Å². The van der Waals surface area contributed by atoms with Crippen LogP contribution in [0.5, 0.6) is 0 Å². The molecule has 1 aromatic carbocycles. The third-order valence-corrected chi connectivity index (χ3v) is 4.15. The number of nitrogens with one attached hydrogen (secondary N) is 2. The van der Waals surface area contributed by atoms with Crippen LogP contribution in [0, 0.1) is 0 Å². The Kier molecular flexibility index (Phi) is 5.89. The van der Waals surface area contributed by atoms with Gasteiger partial charge in [-0.25, -0.2) is 9.59 Å². The van der Waals surface area contributed by atoms with Gasteiger partial charge in [-0.1, -0.05) is 0 Å². The molecule has 0 unspecified atom stereocenters. The summed E-state index contributed by atoms with van der Waals surface area (Å²) in [4.78, 5) is 24.8. The second-order valence-electron chi connectivity index (χ2n) is 4.72. The minimum Gasteiger partial charge on any atom is -0.478 e. The van der Waals surface area contributed by atoms with Gasteiger partial charge in [-0.2, -0.15) is 11.8 Å². The van der Waals surface area contributed by atoms with E-state index >= 15 is 0 Å². The summed E-state index contributed by atoms with van der Waals surface area (Å²) in [5.41, 5.74) is 0.774. The summed E-state index contributed by atoms with van der Waals surface area (Å²) in [5, 5.41) is 14.3. The van der Waals surface area contributed by atoms with E-state index in [1.807, 2.05) is 11.8 Å². The molecule has 0 saturated carbocycles. The summed E-state index contributed by atoms with van der Waals surface area (Å²) in [6.07, 6.45) is 0. The number of hydrogen-bond acceptors (Lipinski definition) is 4. The molecule has 1 heterocycles. The second kappa shape index (κ2) is 7.90. The third-order valence-electron chi connectivity index (χ3n) is 3.21. The Morgan fingerprint density at radius 2 is 1.86 bits per heavy atom. The standard InChI is InChI=1S/C14H19N3O3S/c18-13(19)11-1-3-12(4-2-11)16-14(20)15-5-6-17-7-9-21-10-8-17/h1-4H,5-10H2,(H,18,19)(H2,15,16,20). The predicted molar refractivity (Wildman–Crippen MR) is 84.2 cm³/mol. The average molecular weight is 309 g/mol. The van der Waals surface area contributed by atoms with Crippen molar-refractivity contribution in [1.29, 1.82) is 0 Å². The molecule has 2 amide bonds. The molecule has 0 atom stereocenters. The lowest BCUT2D eigenvalue weighted by atomic mass is 10.2. The summed E-state index contributed by atoms with van der Waals surface area (Å²) < 4.78 is 0. The second-order valence-corrected chi connectivity index (χ2v) is 5.94. The quantitative estimate of drug-likeness (QED) is 0.769. The van der Waals surface area contributed by atoms with Crippen LogP contribution in [0.25, 0.3) is 0 Å². The molecule has 7 heteroatoms. The van der Waals surface area contributed by atoms with Gasteiger partial charge in [0.25, 0.3) is 0 Å². The zero-order valence-electron chi connectivity index (χ0n) is 11.7. The van der Waals surface area contributed by atoms with E-state index in [9.17, 15) is 9.59 Å². The fraction of sp³-hybridized carbons (Fsp3) is 0.429. The van der Waals surface area contributed by atoms with Gasteiger partial charge in [0.1, 0.15) is 0 Å². The molecule has 6 nitrogen and oxygen atoms in total. The van der Waals surface area contributed by atoms with Crippen LogP contribution in [0.2, 0.25) is 0 Å². The molecule has 114 valence electrons. The van der Waals surface area contributed by atoms with Gasteiger partial charge in [0.2, 0.25) is 0 Å². The van der Waals surface area contributed by atoms with Crippen molar-refractivity contribution in [2.75, 3.05) is 43.0 Å². The van der Waals surface area contributed by atoms with Gasteiger partial charge in [0, 0.05) is 43.4 Å². The SMILES string of the molecule is O=C(NCCN1CCSCC1)Nc1ccc(C(=O)O)cc1. The van der Waals surface area contributed by atoms with Crippen molar-refractivity contribution in [3.63, 3.8) is 0 Å². The zero-order valence-corrected chi connectivity index (χ0v) is 12.5. The molecule has 3 N–H and O–H groups in total. The summed E-state index contributed by atoms with van der Waals surface area (Å²) in [7, 11) is 0. The van der Waals surface area contributed by atoms with Gasteiger partial charge in [-0.15, -0.1) is 0 Å². The molecule has 1 aromatic rings. The largest absolute Gasteiger partial charge is 0.478 e. The van der Waals surface area contributed by atoms with Crippen LogP contribution in [0.1, 0.15) is 10.4 Å². The number of benzene rings is 1. The lowest BCUT2D eigenvalue weighted by Gasteiger charge is -2.25. The number of carbonyl (C=O) groups excluding carboxylic acids is 1. The lowest BCUT2D eigenvalue weighted by Crippen LogP contribution is -2.40. The van der Waals surface area contributed by atoms with Crippen molar-refractivity contribution < 1.29 is 14.7 Å². The monoisotopic (exact) mass is 309 g/mol. The molecule has 1 aliphatic rings. The summed E-state index contributed by atoms with van der Waals surface area (Å²) in [5.74, 6) is 1.33. The fourth-order valence-electron chi connectivity index (χ4n) is 2.02. The first-order valence-corrected chi connectivity index (χ1v) is 7.99. The fourth-order valence-corrected chi connectivity index (χ4v) is 3.00. The normalized spacial score (nSPS) is 15.4. The number of carboxylic acid groups (broad SMARTS) is 1. The van der Waals surface area contributed by atoms with Crippen molar-refractivity contribution in [3.8, 4) is 0 Å². The molecule has 0 spiro atoms. The molecule has 1 aliphatic heterocycles. The van der Waals surface area contributed by atoms with E-state index in [0.29, 0.717) is 12.2 Å². The third kappa shape index (κ3) is 5.28. The molecular formula is C14H19N3O3S. The van der Waals surface area contributed by atoms with Gasteiger partial charge in [0.15, 0.2) is 0 Å². The Morgan fingerprint density at radius 1 is 1.19 bits per heavy atom. The number of thioether (sulfide) groups is 1. The Labute approximate surface area is 127 Å². The molecule has 0 aromatic heterocycles. The van der Waals surface area contributed by atoms with E-state index in [-0.39, 0.29) is 11.6 Å². The highest BCUT2D eigenvalue weighted by atomic mass is 32.2. The predicted octanol–water partition coefficient (Wildman–Crippen LogP) is 1.56. The van der Waals surface area contributed by atoms with Crippen molar-refractivity contribution in [3.05, 3.63) is 29.8 Å². The van der Waals surface area contributed by atoms with E-state index in [0.717, 1.165) is 31.1 Å².